The van der Waals surface area contributed by atoms with Crippen molar-refractivity contribution in [2.45, 2.75) is 32.7 Å². The van der Waals surface area contributed by atoms with Gasteiger partial charge in [0.1, 0.15) is 0 Å². The predicted molar refractivity (Wildman–Crippen MR) is 48.7 cm³/mol. The maximum absolute atomic E-state index is 11.1. The Bertz CT molecular complexity index is 226. The lowest BCUT2D eigenvalue weighted by Crippen LogP contribution is -2.35. The molecule has 0 saturated carbocycles. The molecular formula is C9H16N2O2. The molecular weight excluding hydrogens is 168 g/mol. The Morgan fingerprint density at radius 2 is 2.31 bits per heavy atom. The lowest BCUT2D eigenvalue weighted by atomic mass is 9.87. The summed E-state index contributed by atoms with van der Waals surface area (Å²) in [6.45, 7) is 4.11. The maximum Gasteiger partial charge on any atom is 0.220 e. The molecule has 0 bridgehead atoms. The van der Waals surface area contributed by atoms with Gasteiger partial charge in [0, 0.05) is 18.9 Å². The molecule has 1 heterocycles. The predicted octanol–water partition coefficient (Wildman–Crippen LogP) is 0.0225. The summed E-state index contributed by atoms with van der Waals surface area (Å²) < 4.78 is 0. The van der Waals surface area contributed by atoms with E-state index in [1.165, 1.54) is 0 Å². The Labute approximate surface area is 77.9 Å². The van der Waals surface area contributed by atoms with Gasteiger partial charge in [-0.1, -0.05) is 13.8 Å². The van der Waals surface area contributed by atoms with E-state index in [0.29, 0.717) is 12.3 Å². The lowest BCUT2D eigenvalue weighted by molar-refractivity contribution is -0.119. The van der Waals surface area contributed by atoms with Gasteiger partial charge in [0.05, 0.1) is 0 Å². The second-order valence-corrected chi connectivity index (χ2v) is 3.96. The van der Waals surface area contributed by atoms with Crippen molar-refractivity contribution < 1.29 is 9.59 Å². The van der Waals surface area contributed by atoms with E-state index in [9.17, 15) is 9.59 Å². The van der Waals surface area contributed by atoms with Gasteiger partial charge in [0.25, 0.3) is 0 Å². The molecule has 0 aromatic carbocycles. The van der Waals surface area contributed by atoms with Crippen LogP contribution in [0.2, 0.25) is 0 Å². The first-order valence-electron chi connectivity index (χ1n) is 4.58. The van der Waals surface area contributed by atoms with Crippen molar-refractivity contribution in [3.63, 3.8) is 0 Å². The van der Waals surface area contributed by atoms with Crippen LogP contribution in [0.3, 0.4) is 0 Å². The zero-order valence-corrected chi connectivity index (χ0v) is 8.04. The summed E-state index contributed by atoms with van der Waals surface area (Å²) >= 11 is 0. The lowest BCUT2D eigenvalue weighted by Gasteiger charge is -2.20. The first-order chi connectivity index (χ1) is 6.00. The summed E-state index contributed by atoms with van der Waals surface area (Å²) in [4.78, 5) is 21.8. The Balaban J connectivity index is 2.60. The standard InChI is InChI=1S/C9H16N2O2/c1-5(2)6-3-9(13)11-7(6)4-8(10)12/h5-7H,3-4H2,1-2H3,(H2,10,12)(H,11,13). The monoisotopic (exact) mass is 184 g/mol. The number of hydrogen-bond acceptors (Lipinski definition) is 2. The Morgan fingerprint density at radius 3 is 2.77 bits per heavy atom. The van der Waals surface area contributed by atoms with E-state index in [1.807, 2.05) is 0 Å². The minimum Gasteiger partial charge on any atom is -0.370 e. The Hall–Kier alpha value is -1.06. The average molecular weight is 184 g/mol. The molecule has 1 saturated heterocycles. The number of nitrogens with two attached hydrogens (primary N) is 1. The third-order valence-corrected chi connectivity index (χ3v) is 2.56. The number of carbonyl (C=O) groups excluding carboxylic acids is 2. The van der Waals surface area contributed by atoms with Crippen molar-refractivity contribution >= 4 is 11.8 Å². The van der Waals surface area contributed by atoms with Crippen LogP contribution in [-0.2, 0) is 9.59 Å². The molecule has 0 aliphatic carbocycles. The van der Waals surface area contributed by atoms with Gasteiger partial charge in [0.15, 0.2) is 0 Å². The van der Waals surface area contributed by atoms with Crippen molar-refractivity contribution in [3.05, 3.63) is 0 Å². The fourth-order valence-corrected chi connectivity index (χ4v) is 1.85. The van der Waals surface area contributed by atoms with Crippen LogP contribution in [-0.4, -0.2) is 17.9 Å². The number of primary amides is 1. The zero-order valence-electron chi connectivity index (χ0n) is 8.04. The molecule has 2 atom stereocenters. The molecule has 2 unspecified atom stereocenters. The number of amides is 2. The van der Waals surface area contributed by atoms with E-state index in [0.717, 1.165) is 0 Å². The highest BCUT2D eigenvalue weighted by Crippen LogP contribution is 2.26. The topological polar surface area (TPSA) is 72.2 Å². The SMILES string of the molecule is CC(C)C1CC(=O)NC1CC(N)=O. The van der Waals surface area contributed by atoms with Crippen molar-refractivity contribution in [2.75, 3.05) is 0 Å². The second-order valence-electron chi connectivity index (χ2n) is 3.96. The van der Waals surface area contributed by atoms with Crippen molar-refractivity contribution in [1.29, 1.82) is 0 Å². The van der Waals surface area contributed by atoms with Crippen molar-refractivity contribution in [1.82, 2.24) is 5.32 Å². The molecule has 13 heavy (non-hydrogen) atoms. The summed E-state index contributed by atoms with van der Waals surface area (Å²) in [5.41, 5.74) is 5.09. The molecule has 0 radical (unpaired) electrons. The van der Waals surface area contributed by atoms with Gasteiger partial charge >= 0.3 is 0 Å². The van der Waals surface area contributed by atoms with Crippen LogP contribution in [0, 0.1) is 11.8 Å². The minimum absolute atomic E-state index is 0.0324. The van der Waals surface area contributed by atoms with Gasteiger partial charge < -0.3 is 11.1 Å². The third kappa shape index (κ3) is 2.44. The summed E-state index contributed by atoms with van der Waals surface area (Å²) in [5.74, 6) is 0.339. The normalized spacial score (nSPS) is 27.8. The van der Waals surface area contributed by atoms with Crippen LogP contribution in [0.5, 0.6) is 0 Å². The minimum atomic E-state index is -0.349. The number of carbonyl (C=O) groups is 2. The smallest absolute Gasteiger partial charge is 0.220 e. The fraction of sp³-hybridized carbons (Fsp3) is 0.778. The highest BCUT2D eigenvalue weighted by molar-refractivity contribution is 5.81. The van der Waals surface area contributed by atoms with E-state index in [-0.39, 0.29) is 30.2 Å². The zero-order chi connectivity index (χ0) is 10.0. The van der Waals surface area contributed by atoms with Gasteiger partial charge in [-0.3, -0.25) is 9.59 Å². The molecule has 4 heteroatoms. The molecule has 0 aromatic heterocycles. The molecule has 3 N–H and O–H groups in total. The van der Waals surface area contributed by atoms with Gasteiger partial charge in [0.2, 0.25) is 11.8 Å². The quantitative estimate of drug-likeness (QED) is 0.649. The van der Waals surface area contributed by atoms with Crippen molar-refractivity contribution in [3.8, 4) is 0 Å². The van der Waals surface area contributed by atoms with Crippen LogP contribution >= 0.6 is 0 Å². The van der Waals surface area contributed by atoms with E-state index >= 15 is 0 Å². The van der Waals surface area contributed by atoms with Crippen LogP contribution in [0.15, 0.2) is 0 Å². The van der Waals surface area contributed by atoms with Gasteiger partial charge in [-0.2, -0.15) is 0 Å². The van der Waals surface area contributed by atoms with Crippen LogP contribution in [0.4, 0.5) is 0 Å². The largest absolute Gasteiger partial charge is 0.370 e. The summed E-state index contributed by atoms with van der Waals surface area (Å²) in [5, 5.41) is 2.78. The average Bonchev–Trinajstić information content (AvgIpc) is 2.29. The number of hydrogen-bond donors (Lipinski definition) is 2. The molecule has 1 fully saturated rings. The van der Waals surface area contributed by atoms with Crippen molar-refractivity contribution in [2.24, 2.45) is 17.6 Å². The third-order valence-electron chi connectivity index (χ3n) is 2.56. The fourth-order valence-electron chi connectivity index (χ4n) is 1.85. The molecule has 0 spiro atoms. The first-order valence-corrected chi connectivity index (χ1v) is 4.58. The highest BCUT2D eigenvalue weighted by atomic mass is 16.2. The Morgan fingerprint density at radius 1 is 1.69 bits per heavy atom. The summed E-state index contributed by atoms with van der Waals surface area (Å²) in [6.07, 6.45) is 0.782. The number of rotatable bonds is 3. The van der Waals surface area contributed by atoms with E-state index in [2.05, 4.69) is 19.2 Å². The van der Waals surface area contributed by atoms with Crippen LogP contribution < -0.4 is 11.1 Å². The first kappa shape index (κ1) is 10.0. The Kier molecular flexibility index (Phi) is 2.90. The van der Waals surface area contributed by atoms with Gasteiger partial charge in [-0.05, 0) is 11.8 Å². The molecule has 74 valence electrons. The van der Waals surface area contributed by atoms with E-state index in [4.69, 9.17) is 5.73 Å². The van der Waals surface area contributed by atoms with E-state index in [1.54, 1.807) is 0 Å². The van der Waals surface area contributed by atoms with Gasteiger partial charge in [-0.25, -0.2) is 0 Å². The molecule has 1 aliphatic heterocycles. The molecule has 2 amide bonds. The van der Waals surface area contributed by atoms with Crippen LogP contribution in [0.1, 0.15) is 26.7 Å². The molecule has 4 nitrogen and oxygen atoms in total. The highest BCUT2D eigenvalue weighted by Gasteiger charge is 2.34. The van der Waals surface area contributed by atoms with E-state index < -0.39 is 0 Å². The molecule has 1 rings (SSSR count). The summed E-state index contributed by atoms with van der Waals surface area (Å²) in [7, 11) is 0. The van der Waals surface area contributed by atoms with Crippen LogP contribution in [0.25, 0.3) is 0 Å². The maximum atomic E-state index is 11.1. The second kappa shape index (κ2) is 3.77. The molecule has 0 aromatic rings. The van der Waals surface area contributed by atoms with Gasteiger partial charge in [-0.15, -0.1) is 0 Å². The number of nitrogens with one attached hydrogen (secondary N) is 1. The molecule has 1 aliphatic rings. The summed E-state index contributed by atoms with van der Waals surface area (Å²) in [6, 6.07) is -0.0509.